The van der Waals surface area contributed by atoms with Crippen LogP contribution in [0.25, 0.3) is 0 Å². The third-order valence-electron chi connectivity index (χ3n) is 5.20. The van der Waals surface area contributed by atoms with E-state index in [1.807, 2.05) is 0 Å². The molecule has 1 amide bonds. The molecule has 4 nitrogen and oxygen atoms in total. The molecule has 4 rings (SSSR count). The second-order valence-corrected chi connectivity index (χ2v) is 9.93. The minimum Gasteiger partial charge on any atom is -0.375 e. The van der Waals surface area contributed by atoms with Gasteiger partial charge < -0.3 is 10.0 Å². The first-order valence-corrected chi connectivity index (χ1v) is 11.6. The largest absolute Gasteiger partial charge is 0.375 e. The van der Waals surface area contributed by atoms with Crippen molar-refractivity contribution in [2.75, 3.05) is 4.90 Å². The van der Waals surface area contributed by atoms with Crippen molar-refractivity contribution in [3.8, 4) is 0 Å². The van der Waals surface area contributed by atoms with E-state index in [1.165, 1.54) is 4.90 Å². The Labute approximate surface area is 206 Å². The van der Waals surface area contributed by atoms with Crippen molar-refractivity contribution in [3.63, 3.8) is 0 Å². The van der Waals surface area contributed by atoms with E-state index in [2.05, 4.69) is 31.9 Å². The van der Waals surface area contributed by atoms with Crippen LogP contribution in [0.3, 0.4) is 0 Å². The van der Waals surface area contributed by atoms with Crippen molar-refractivity contribution in [3.05, 3.63) is 96.3 Å². The standard InChI is InChI=1S/C23H15Br2Cl2NO3/c24-15-3-1-2-13(8-15)21(29)11-23(31)18-9-16(25)5-7-20(18)28(22(23)30)12-14-4-6-17(26)10-19(14)27/h1-10,31H,11-12H2. The van der Waals surface area contributed by atoms with Gasteiger partial charge in [-0.05, 0) is 48.0 Å². The van der Waals surface area contributed by atoms with Crippen molar-refractivity contribution < 1.29 is 14.7 Å². The van der Waals surface area contributed by atoms with Gasteiger partial charge in [-0.25, -0.2) is 0 Å². The smallest absolute Gasteiger partial charge is 0.264 e. The summed E-state index contributed by atoms with van der Waals surface area (Å²) in [5.41, 5.74) is 0.00323. The summed E-state index contributed by atoms with van der Waals surface area (Å²) in [6.07, 6.45) is -0.378. The number of Topliss-reactive ketones (excluding diaryl/α,β-unsaturated/α-hetero) is 1. The van der Waals surface area contributed by atoms with Gasteiger partial charge in [-0.15, -0.1) is 0 Å². The number of carbonyl (C=O) groups is 2. The molecule has 1 atom stereocenters. The van der Waals surface area contributed by atoms with Gasteiger partial charge in [-0.1, -0.05) is 73.3 Å². The highest BCUT2D eigenvalue weighted by molar-refractivity contribution is 9.10. The van der Waals surface area contributed by atoms with Gasteiger partial charge in [0.15, 0.2) is 11.4 Å². The zero-order valence-corrected chi connectivity index (χ0v) is 20.6. The lowest BCUT2D eigenvalue weighted by atomic mass is 9.88. The minimum absolute atomic E-state index is 0.136. The Morgan fingerprint density at radius 2 is 1.74 bits per heavy atom. The van der Waals surface area contributed by atoms with Gasteiger partial charge in [0.2, 0.25) is 0 Å². The van der Waals surface area contributed by atoms with Crippen LogP contribution >= 0.6 is 55.1 Å². The summed E-state index contributed by atoms with van der Waals surface area (Å²) in [4.78, 5) is 27.8. The quantitative estimate of drug-likeness (QED) is 0.348. The molecule has 0 saturated heterocycles. The first-order valence-electron chi connectivity index (χ1n) is 9.26. The number of carbonyl (C=O) groups excluding carboxylic acids is 2. The van der Waals surface area contributed by atoms with Crippen molar-refractivity contribution in [2.24, 2.45) is 0 Å². The molecule has 0 aliphatic carbocycles. The van der Waals surface area contributed by atoms with E-state index in [0.29, 0.717) is 36.9 Å². The van der Waals surface area contributed by atoms with E-state index in [9.17, 15) is 14.7 Å². The van der Waals surface area contributed by atoms with Crippen LogP contribution < -0.4 is 4.90 Å². The molecule has 3 aromatic carbocycles. The second-order valence-electron chi connectivity index (χ2n) is 7.26. The number of hydrogen-bond acceptors (Lipinski definition) is 3. The van der Waals surface area contributed by atoms with E-state index in [1.54, 1.807) is 60.7 Å². The summed E-state index contributed by atoms with van der Waals surface area (Å²) in [6, 6.07) is 17.1. The Kier molecular flexibility index (Phi) is 6.30. The average Bonchev–Trinajstić information content (AvgIpc) is 2.91. The Bertz CT molecular complexity index is 1220. The third kappa shape index (κ3) is 4.32. The molecule has 0 bridgehead atoms. The molecule has 3 aromatic rings. The molecule has 1 heterocycles. The van der Waals surface area contributed by atoms with Crippen molar-refractivity contribution in [2.45, 2.75) is 18.6 Å². The fourth-order valence-corrected chi connectivity index (χ4v) is 4.90. The Hall–Kier alpha value is -1.70. The number of rotatable bonds is 5. The summed E-state index contributed by atoms with van der Waals surface area (Å²) in [7, 11) is 0. The SMILES string of the molecule is O=C(CC1(O)C(=O)N(Cc2ccc(Cl)cc2Cl)c2ccc(Br)cc21)c1cccc(Br)c1. The fraction of sp³-hybridized carbons (Fsp3) is 0.130. The molecule has 31 heavy (non-hydrogen) atoms. The number of halogens is 4. The van der Waals surface area contributed by atoms with E-state index in [-0.39, 0.29) is 18.7 Å². The van der Waals surface area contributed by atoms with Crippen LogP contribution in [0.2, 0.25) is 10.0 Å². The molecule has 1 aliphatic heterocycles. The van der Waals surface area contributed by atoms with E-state index in [0.717, 1.165) is 4.47 Å². The van der Waals surface area contributed by atoms with Crippen molar-refractivity contribution in [1.82, 2.24) is 0 Å². The molecule has 0 fully saturated rings. The Balaban J connectivity index is 1.73. The molecule has 0 radical (unpaired) electrons. The first-order chi connectivity index (χ1) is 14.7. The number of aliphatic hydroxyl groups is 1. The fourth-order valence-electron chi connectivity index (χ4n) is 3.67. The number of hydrogen-bond donors (Lipinski definition) is 1. The van der Waals surface area contributed by atoms with E-state index >= 15 is 0 Å². The van der Waals surface area contributed by atoms with Crippen LogP contribution in [0, 0.1) is 0 Å². The van der Waals surface area contributed by atoms with Crippen molar-refractivity contribution in [1.29, 1.82) is 0 Å². The Morgan fingerprint density at radius 3 is 2.45 bits per heavy atom. The average molecular weight is 584 g/mol. The number of benzene rings is 3. The van der Waals surface area contributed by atoms with Crippen LogP contribution in [-0.4, -0.2) is 16.8 Å². The number of ketones is 1. The zero-order valence-electron chi connectivity index (χ0n) is 15.9. The highest BCUT2D eigenvalue weighted by Crippen LogP contribution is 2.45. The maximum Gasteiger partial charge on any atom is 0.264 e. The Morgan fingerprint density at radius 1 is 1.00 bits per heavy atom. The lowest BCUT2D eigenvalue weighted by Crippen LogP contribution is -2.41. The topological polar surface area (TPSA) is 57.6 Å². The molecule has 1 unspecified atom stereocenters. The maximum atomic E-state index is 13.4. The van der Waals surface area contributed by atoms with Gasteiger partial charge in [0.05, 0.1) is 18.7 Å². The van der Waals surface area contributed by atoms with Gasteiger partial charge in [0.1, 0.15) is 0 Å². The zero-order chi connectivity index (χ0) is 22.3. The highest BCUT2D eigenvalue weighted by atomic mass is 79.9. The van der Waals surface area contributed by atoms with Crippen LogP contribution in [0.15, 0.2) is 69.6 Å². The predicted molar refractivity (Wildman–Crippen MR) is 129 cm³/mol. The molecule has 158 valence electrons. The molecule has 0 aromatic heterocycles. The monoisotopic (exact) mass is 581 g/mol. The summed E-state index contributed by atoms with van der Waals surface area (Å²) >= 11 is 19.0. The minimum atomic E-state index is -1.99. The third-order valence-corrected chi connectivity index (χ3v) is 6.77. The van der Waals surface area contributed by atoms with Gasteiger partial charge in [0.25, 0.3) is 5.91 Å². The molecular weight excluding hydrogens is 569 g/mol. The summed E-state index contributed by atoms with van der Waals surface area (Å²) in [5.74, 6) is -0.913. The number of nitrogens with zero attached hydrogens (tertiary/aromatic N) is 1. The molecular formula is C23H15Br2Cl2NO3. The van der Waals surface area contributed by atoms with E-state index in [4.69, 9.17) is 23.2 Å². The molecule has 1 aliphatic rings. The summed E-state index contributed by atoms with van der Waals surface area (Å²) in [6.45, 7) is 0.136. The van der Waals surface area contributed by atoms with Crippen molar-refractivity contribution >= 4 is 72.4 Å². The number of anilines is 1. The molecule has 0 saturated carbocycles. The van der Waals surface area contributed by atoms with Gasteiger partial charge in [-0.2, -0.15) is 0 Å². The number of fused-ring (bicyclic) bond motifs is 1. The first kappa shape index (κ1) is 22.5. The van der Waals surface area contributed by atoms with E-state index < -0.39 is 11.5 Å². The molecule has 1 N–H and O–H groups in total. The summed E-state index contributed by atoms with van der Waals surface area (Å²) in [5, 5.41) is 12.4. The number of amides is 1. The normalized spacial score (nSPS) is 17.7. The highest BCUT2D eigenvalue weighted by Gasteiger charge is 2.51. The van der Waals surface area contributed by atoms with Gasteiger partial charge in [0, 0.05) is 30.1 Å². The van der Waals surface area contributed by atoms with Gasteiger partial charge >= 0.3 is 0 Å². The van der Waals surface area contributed by atoms with Crippen LogP contribution in [0.5, 0.6) is 0 Å². The predicted octanol–water partition coefficient (Wildman–Crippen LogP) is 6.53. The van der Waals surface area contributed by atoms with Crippen LogP contribution in [0.4, 0.5) is 5.69 Å². The summed E-state index contributed by atoms with van der Waals surface area (Å²) < 4.78 is 1.43. The maximum absolute atomic E-state index is 13.4. The molecule has 8 heteroatoms. The second kappa shape index (κ2) is 8.68. The van der Waals surface area contributed by atoms with Crippen LogP contribution in [-0.2, 0) is 16.9 Å². The van der Waals surface area contributed by atoms with Crippen LogP contribution in [0.1, 0.15) is 27.9 Å². The van der Waals surface area contributed by atoms with Gasteiger partial charge in [-0.3, -0.25) is 9.59 Å². The lowest BCUT2D eigenvalue weighted by Gasteiger charge is -2.23. The molecule has 0 spiro atoms. The lowest BCUT2D eigenvalue weighted by molar-refractivity contribution is -0.136.